The van der Waals surface area contributed by atoms with Crippen LogP contribution in [-0.2, 0) is 14.3 Å². The van der Waals surface area contributed by atoms with E-state index in [1.54, 1.807) is 20.8 Å². The van der Waals surface area contributed by atoms with Gasteiger partial charge in [0.1, 0.15) is 11.6 Å². The molecule has 5 heteroatoms. The summed E-state index contributed by atoms with van der Waals surface area (Å²) in [5.41, 5.74) is 0.290. The van der Waals surface area contributed by atoms with Crippen LogP contribution in [0.4, 0.5) is 0 Å². The van der Waals surface area contributed by atoms with Gasteiger partial charge >= 0.3 is 11.9 Å². The molecule has 114 valence electrons. The first-order valence-electron chi connectivity index (χ1n) is 7.04. The molecule has 1 fully saturated rings. The highest BCUT2D eigenvalue weighted by Gasteiger charge is 2.43. The van der Waals surface area contributed by atoms with Crippen molar-refractivity contribution in [1.82, 2.24) is 5.32 Å². The van der Waals surface area contributed by atoms with Gasteiger partial charge in [-0.2, -0.15) is 0 Å². The number of rotatable bonds is 3. The zero-order chi connectivity index (χ0) is 15.6. The maximum atomic E-state index is 12.1. The van der Waals surface area contributed by atoms with E-state index in [-0.39, 0.29) is 12.5 Å². The summed E-state index contributed by atoms with van der Waals surface area (Å²) in [5, 5.41) is 12.5. The minimum atomic E-state index is -0.901. The molecule has 2 rings (SSSR count). The van der Waals surface area contributed by atoms with E-state index in [2.05, 4.69) is 5.32 Å². The second kappa shape index (κ2) is 5.85. The van der Waals surface area contributed by atoms with Crippen LogP contribution >= 0.6 is 0 Å². The van der Waals surface area contributed by atoms with Crippen molar-refractivity contribution in [2.24, 2.45) is 5.92 Å². The molecule has 0 amide bonds. The minimum Gasteiger partial charge on any atom is -0.481 e. The van der Waals surface area contributed by atoms with Gasteiger partial charge in [0.2, 0.25) is 0 Å². The topological polar surface area (TPSA) is 75.6 Å². The molecule has 3 unspecified atom stereocenters. The van der Waals surface area contributed by atoms with Crippen LogP contribution in [0.3, 0.4) is 0 Å². The van der Waals surface area contributed by atoms with Gasteiger partial charge in [0.25, 0.3) is 0 Å². The Morgan fingerprint density at radius 1 is 1.24 bits per heavy atom. The Morgan fingerprint density at radius 2 is 1.86 bits per heavy atom. The smallest absolute Gasteiger partial charge is 0.323 e. The standard InChI is InChI=1S/C16H21NO4/c1-16(2,3)21-15(20)12-9-11(14(18)19)13(17-12)10-7-5-4-6-8-10/h4-8,11-13,17H,9H2,1-3H3,(H,18,19). The van der Waals surface area contributed by atoms with E-state index in [4.69, 9.17) is 4.74 Å². The molecule has 0 spiro atoms. The lowest BCUT2D eigenvalue weighted by atomic mass is 9.93. The highest BCUT2D eigenvalue weighted by atomic mass is 16.6. The van der Waals surface area contributed by atoms with E-state index in [0.29, 0.717) is 0 Å². The van der Waals surface area contributed by atoms with Gasteiger partial charge in [0.15, 0.2) is 0 Å². The molecule has 2 N–H and O–H groups in total. The van der Waals surface area contributed by atoms with Crippen molar-refractivity contribution in [2.45, 2.75) is 44.9 Å². The summed E-state index contributed by atoms with van der Waals surface area (Å²) >= 11 is 0. The maximum absolute atomic E-state index is 12.1. The number of hydrogen-bond donors (Lipinski definition) is 2. The second-order valence-corrected chi connectivity index (χ2v) is 6.32. The van der Waals surface area contributed by atoms with Crippen molar-refractivity contribution in [3.63, 3.8) is 0 Å². The Balaban J connectivity index is 2.16. The van der Waals surface area contributed by atoms with Crippen molar-refractivity contribution in [2.75, 3.05) is 0 Å². The third-order valence-electron chi connectivity index (χ3n) is 3.44. The predicted molar refractivity (Wildman–Crippen MR) is 77.7 cm³/mol. The molecule has 0 aliphatic carbocycles. The van der Waals surface area contributed by atoms with Crippen LogP contribution in [0.15, 0.2) is 30.3 Å². The predicted octanol–water partition coefficient (Wildman–Crippen LogP) is 2.13. The third kappa shape index (κ3) is 3.82. The van der Waals surface area contributed by atoms with Crippen LogP contribution in [0, 0.1) is 5.92 Å². The van der Waals surface area contributed by atoms with Crippen molar-refractivity contribution in [3.05, 3.63) is 35.9 Å². The summed E-state index contributed by atoms with van der Waals surface area (Å²) in [5.74, 6) is -1.93. The lowest BCUT2D eigenvalue weighted by Gasteiger charge is -2.22. The van der Waals surface area contributed by atoms with E-state index < -0.39 is 29.5 Å². The Bertz CT molecular complexity index is 521. The molecule has 3 atom stereocenters. The second-order valence-electron chi connectivity index (χ2n) is 6.32. The zero-order valence-electron chi connectivity index (χ0n) is 12.5. The number of hydrogen-bond acceptors (Lipinski definition) is 4. The number of esters is 1. The fourth-order valence-corrected chi connectivity index (χ4v) is 2.56. The average molecular weight is 291 g/mol. The molecule has 1 heterocycles. The number of aliphatic carboxylic acids is 1. The third-order valence-corrected chi connectivity index (χ3v) is 3.44. The van der Waals surface area contributed by atoms with Crippen LogP contribution < -0.4 is 5.32 Å². The van der Waals surface area contributed by atoms with Crippen molar-refractivity contribution >= 4 is 11.9 Å². The summed E-state index contributed by atoms with van der Waals surface area (Å²) in [6.07, 6.45) is 0.240. The zero-order valence-corrected chi connectivity index (χ0v) is 12.5. The van der Waals surface area contributed by atoms with E-state index in [1.807, 2.05) is 30.3 Å². The monoisotopic (exact) mass is 291 g/mol. The SMILES string of the molecule is CC(C)(C)OC(=O)C1CC(C(=O)O)C(c2ccccc2)N1. The lowest BCUT2D eigenvalue weighted by Crippen LogP contribution is -2.38. The number of ether oxygens (including phenoxy) is 1. The molecule has 0 saturated carbocycles. The van der Waals surface area contributed by atoms with E-state index in [1.165, 1.54) is 0 Å². The molecule has 1 aromatic carbocycles. The number of carboxylic acid groups (broad SMARTS) is 1. The lowest BCUT2D eigenvalue weighted by molar-refractivity contribution is -0.157. The molecule has 0 bridgehead atoms. The van der Waals surface area contributed by atoms with Crippen LogP contribution in [0.2, 0.25) is 0 Å². The molecular weight excluding hydrogens is 270 g/mol. The molecule has 1 aromatic rings. The molecule has 0 aromatic heterocycles. The van der Waals surface area contributed by atoms with Crippen LogP contribution in [-0.4, -0.2) is 28.7 Å². The molecule has 5 nitrogen and oxygen atoms in total. The normalized spacial score (nSPS) is 25.6. The van der Waals surface area contributed by atoms with Gasteiger partial charge < -0.3 is 9.84 Å². The Labute approximate surface area is 124 Å². The summed E-state index contributed by atoms with van der Waals surface area (Å²) in [6.45, 7) is 5.38. The molecule has 1 aliphatic heterocycles. The molecule has 21 heavy (non-hydrogen) atoms. The Hall–Kier alpha value is -1.88. The van der Waals surface area contributed by atoms with Gasteiger partial charge in [-0.1, -0.05) is 30.3 Å². The van der Waals surface area contributed by atoms with Crippen LogP contribution in [0.25, 0.3) is 0 Å². The molecule has 1 saturated heterocycles. The first-order valence-corrected chi connectivity index (χ1v) is 7.04. The van der Waals surface area contributed by atoms with Gasteiger partial charge in [-0.15, -0.1) is 0 Å². The number of benzene rings is 1. The fourth-order valence-electron chi connectivity index (χ4n) is 2.56. The van der Waals surface area contributed by atoms with Gasteiger partial charge in [0.05, 0.1) is 5.92 Å². The summed E-state index contributed by atoms with van der Waals surface area (Å²) in [6, 6.07) is 8.36. The quantitative estimate of drug-likeness (QED) is 0.834. The highest BCUT2D eigenvalue weighted by molar-refractivity contribution is 5.80. The number of carbonyl (C=O) groups is 2. The van der Waals surface area contributed by atoms with Crippen molar-refractivity contribution < 1.29 is 19.4 Å². The highest BCUT2D eigenvalue weighted by Crippen LogP contribution is 2.33. The van der Waals surface area contributed by atoms with E-state index >= 15 is 0 Å². The van der Waals surface area contributed by atoms with Crippen LogP contribution in [0.1, 0.15) is 38.8 Å². The van der Waals surface area contributed by atoms with Crippen LogP contribution in [0.5, 0.6) is 0 Å². The number of nitrogens with one attached hydrogen (secondary N) is 1. The average Bonchev–Trinajstić information content (AvgIpc) is 2.83. The first kappa shape index (κ1) is 15.5. The number of carbonyl (C=O) groups excluding carboxylic acids is 1. The Kier molecular flexibility index (Phi) is 4.32. The number of carboxylic acids is 1. The largest absolute Gasteiger partial charge is 0.481 e. The molecule has 0 radical (unpaired) electrons. The van der Waals surface area contributed by atoms with Gasteiger partial charge in [-0.25, -0.2) is 0 Å². The maximum Gasteiger partial charge on any atom is 0.323 e. The minimum absolute atomic E-state index is 0.240. The summed E-state index contributed by atoms with van der Waals surface area (Å²) in [4.78, 5) is 23.6. The Morgan fingerprint density at radius 3 is 2.38 bits per heavy atom. The van der Waals surface area contributed by atoms with Gasteiger partial charge in [0, 0.05) is 6.04 Å². The van der Waals surface area contributed by atoms with Crippen molar-refractivity contribution in [3.8, 4) is 0 Å². The van der Waals surface area contributed by atoms with Gasteiger partial charge in [-0.3, -0.25) is 14.9 Å². The van der Waals surface area contributed by atoms with Crippen molar-refractivity contribution in [1.29, 1.82) is 0 Å². The summed E-state index contributed by atoms with van der Waals surface area (Å²) in [7, 11) is 0. The molecular formula is C16H21NO4. The van der Waals surface area contributed by atoms with E-state index in [0.717, 1.165) is 5.56 Å². The fraction of sp³-hybridized carbons (Fsp3) is 0.500. The molecule has 1 aliphatic rings. The van der Waals surface area contributed by atoms with E-state index in [9.17, 15) is 14.7 Å². The van der Waals surface area contributed by atoms with Gasteiger partial charge in [-0.05, 0) is 32.8 Å². The first-order chi connectivity index (χ1) is 9.78. The summed E-state index contributed by atoms with van der Waals surface area (Å²) < 4.78 is 5.34.